The first-order valence-electron chi connectivity index (χ1n) is 10.8. The number of piperazine rings is 1. The van der Waals surface area contributed by atoms with Crippen LogP contribution < -0.4 is 10.2 Å². The van der Waals surface area contributed by atoms with E-state index in [1.165, 1.54) is 19.4 Å². The Morgan fingerprint density at radius 2 is 1.72 bits per heavy atom. The summed E-state index contributed by atoms with van der Waals surface area (Å²) in [6.45, 7) is 5.36. The van der Waals surface area contributed by atoms with Crippen LogP contribution in [0.2, 0.25) is 10.0 Å². The van der Waals surface area contributed by atoms with Crippen molar-refractivity contribution < 1.29 is 4.79 Å². The lowest BCUT2D eigenvalue weighted by atomic mass is 10.0. The average Bonchev–Trinajstić information content (AvgIpc) is 3.22. The summed E-state index contributed by atoms with van der Waals surface area (Å²) in [7, 11) is 3.61. The topological polar surface area (TPSA) is 38.8 Å². The van der Waals surface area contributed by atoms with Gasteiger partial charge < -0.3 is 15.1 Å². The molecule has 1 heterocycles. The minimum Gasteiger partial charge on any atom is -0.368 e. The number of anilines is 1. The molecule has 3 aliphatic rings. The number of rotatable bonds is 4. The van der Waals surface area contributed by atoms with E-state index in [9.17, 15) is 4.79 Å². The van der Waals surface area contributed by atoms with E-state index in [4.69, 9.17) is 23.2 Å². The van der Waals surface area contributed by atoms with Gasteiger partial charge in [0, 0.05) is 52.9 Å². The Balaban J connectivity index is 1.22. The van der Waals surface area contributed by atoms with Crippen molar-refractivity contribution in [3.05, 3.63) is 28.2 Å². The van der Waals surface area contributed by atoms with Gasteiger partial charge in [-0.05, 0) is 55.6 Å². The van der Waals surface area contributed by atoms with Crippen LogP contribution in [-0.4, -0.2) is 68.7 Å². The number of nitrogens with zero attached hydrogens (tertiary/aromatic N) is 3. The average molecular weight is 439 g/mol. The molecule has 3 fully saturated rings. The predicted molar refractivity (Wildman–Crippen MR) is 120 cm³/mol. The summed E-state index contributed by atoms with van der Waals surface area (Å²) in [5.41, 5.74) is 1.06. The summed E-state index contributed by atoms with van der Waals surface area (Å²) in [4.78, 5) is 18.5. The van der Waals surface area contributed by atoms with Gasteiger partial charge in [-0.1, -0.05) is 29.3 Å². The van der Waals surface area contributed by atoms with Crippen LogP contribution in [0.15, 0.2) is 18.2 Å². The van der Waals surface area contributed by atoms with E-state index >= 15 is 0 Å². The molecule has 29 heavy (non-hydrogen) atoms. The van der Waals surface area contributed by atoms with E-state index in [1.54, 1.807) is 19.0 Å². The first kappa shape index (κ1) is 21.1. The zero-order chi connectivity index (χ0) is 20.5. The Labute approximate surface area is 184 Å². The number of hydrogen-bond donors (Lipinski definition) is 1. The number of carbonyl (C=O) groups is 1. The van der Waals surface area contributed by atoms with Gasteiger partial charge in [-0.2, -0.15) is 0 Å². The molecule has 1 aliphatic heterocycles. The normalized spacial score (nSPS) is 29.7. The third-order valence-electron chi connectivity index (χ3n) is 7.01. The number of amides is 2. The van der Waals surface area contributed by atoms with Crippen molar-refractivity contribution in [2.24, 2.45) is 17.8 Å². The highest BCUT2D eigenvalue weighted by Gasteiger charge is 2.42. The lowest BCUT2D eigenvalue weighted by Gasteiger charge is -2.37. The van der Waals surface area contributed by atoms with Gasteiger partial charge >= 0.3 is 6.03 Å². The highest BCUT2D eigenvalue weighted by Crippen LogP contribution is 2.47. The third kappa shape index (κ3) is 4.78. The van der Waals surface area contributed by atoms with E-state index < -0.39 is 0 Å². The zero-order valence-corrected chi connectivity index (χ0v) is 18.9. The second-order valence-corrected chi connectivity index (χ2v) is 10.0. The molecule has 0 aromatic heterocycles. The third-order valence-corrected chi connectivity index (χ3v) is 7.82. The Hall–Kier alpha value is -1.17. The fourth-order valence-electron chi connectivity index (χ4n) is 5.59. The molecule has 160 valence electrons. The SMILES string of the molecule is CN(C)C(=O)NC1CC2CC(CN3CCN(c4cccc(Cl)c4Cl)CC3)CC2C1. The fraction of sp³-hybridized carbons (Fsp3) is 0.682. The Morgan fingerprint density at radius 1 is 1.07 bits per heavy atom. The minimum atomic E-state index is 0.0456. The van der Waals surface area contributed by atoms with Crippen molar-refractivity contribution in [2.75, 3.05) is 51.7 Å². The highest BCUT2D eigenvalue weighted by atomic mass is 35.5. The van der Waals surface area contributed by atoms with E-state index in [0.717, 1.165) is 62.5 Å². The number of carbonyl (C=O) groups excluding carboxylic acids is 1. The standard InChI is InChI=1S/C22H32Cl2N4O/c1-26(2)22(29)25-18-12-16-10-15(11-17(16)13-18)14-27-6-8-28(9-7-27)20-5-3-4-19(23)21(20)24/h3-5,15-18H,6-14H2,1-2H3,(H,25,29). The number of fused-ring (bicyclic) bond motifs is 1. The van der Waals surface area contributed by atoms with E-state index in [1.807, 2.05) is 12.1 Å². The van der Waals surface area contributed by atoms with Crippen LogP contribution in [-0.2, 0) is 0 Å². The minimum absolute atomic E-state index is 0.0456. The maximum atomic E-state index is 11.9. The first-order chi connectivity index (χ1) is 13.9. The molecule has 1 N–H and O–H groups in total. The molecule has 2 atom stereocenters. The van der Waals surface area contributed by atoms with Gasteiger partial charge in [0.1, 0.15) is 0 Å². The smallest absolute Gasteiger partial charge is 0.317 e. The number of urea groups is 1. The molecule has 0 radical (unpaired) electrons. The van der Waals surface area contributed by atoms with Crippen molar-refractivity contribution in [3.63, 3.8) is 0 Å². The Kier molecular flexibility index (Phi) is 6.47. The lowest BCUT2D eigenvalue weighted by Crippen LogP contribution is -2.47. The monoisotopic (exact) mass is 438 g/mol. The summed E-state index contributed by atoms with van der Waals surface area (Å²) < 4.78 is 0. The van der Waals surface area contributed by atoms with Gasteiger partial charge in [0.15, 0.2) is 0 Å². The maximum Gasteiger partial charge on any atom is 0.317 e. The number of hydrogen-bond acceptors (Lipinski definition) is 3. The second-order valence-electron chi connectivity index (χ2n) is 9.23. The van der Waals surface area contributed by atoms with Gasteiger partial charge in [-0.25, -0.2) is 4.79 Å². The van der Waals surface area contributed by atoms with Crippen molar-refractivity contribution >= 4 is 34.9 Å². The van der Waals surface area contributed by atoms with Gasteiger partial charge in [0.05, 0.1) is 15.7 Å². The van der Waals surface area contributed by atoms with E-state index in [0.29, 0.717) is 16.1 Å². The molecule has 2 saturated carbocycles. The summed E-state index contributed by atoms with van der Waals surface area (Å²) in [5.74, 6) is 2.38. The maximum absolute atomic E-state index is 11.9. The van der Waals surface area contributed by atoms with Crippen molar-refractivity contribution in [3.8, 4) is 0 Å². The van der Waals surface area contributed by atoms with Gasteiger partial charge in [0.2, 0.25) is 0 Å². The molecular formula is C22H32Cl2N4O. The molecule has 2 amide bonds. The molecule has 1 aromatic rings. The Bertz CT molecular complexity index is 722. The van der Waals surface area contributed by atoms with Gasteiger partial charge in [0.25, 0.3) is 0 Å². The van der Waals surface area contributed by atoms with E-state index in [-0.39, 0.29) is 6.03 Å². The number of nitrogens with one attached hydrogen (secondary N) is 1. The molecule has 0 bridgehead atoms. The summed E-state index contributed by atoms with van der Waals surface area (Å²) in [5, 5.41) is 4.48. The summed E-state index contributed by atoms with van der Waals surface area (Å²) in [6, 6.07) is 6.29. The number of halogens is 2. The van der Waals surface area contributed by atoms with E-state index in [2.05, 4.69) is 21.2 Å². The molecule has 0 spiro atoms. The van der Waals surface area contributed by atoms with Gasteiger partial charge in [-0.3, -0.25) is 4.90 Å². The first-order valence-corrected chi connectivity index (χ1v) is 11.6. The molecule has 1 aromatic carbocycles. The van der Waals surface area contributed by atoms with Crippen molar-refractivity contribution in [1.82, 2.24) is 15.1 Å². The van der Waals surface area contributed by atoms with Crippen LogP contribution in [0, 0.1) is 17.8 Å². The molecule has 7 heteroatoms. The Morgan fingerprint density at radius 3 is 2.34 bits per heavy atom. The predicted octanol–water partition coefficient (Wildman–Crippen LogP) is 4.19. The fourth-order valence-corrected chi connectivity index (χ4v) is 6.00. The highest BCUT2D eigenvalue weighted by molar-refractivity contribution is 6.43. The van der Waals surface area contributed by atoms with Crippen LogP contribution in [0.4, 0.5) is 10.5 Å². The van der Waals surface area contributed by atoms with Crippen LogP contribution in [0.25, 0.3) is 0 Å². The van der Waals surface area contributed by atoms with Crippen LogP contribution >= 0.6 is 23.2 Å². The zero-order valence-electron chi connectivity index (χ0n) is 17.4. The molecule has 1 saturated heterocycles. The molecule has 2 unspecified atom stereocenters. The van der Waals surface area contributed by atoms with Crippen LogP contribution in [0.3, 0.4) is 0 Å². The summed E-state index contributed by atoms with van der Waals surface area (Å²) >= 11 is 12.6. The largest absolute Gasteiger partial charge is 0.368 e. The second kappa shape index (κ2) is 8.91. The lowest BCUT2D eigenvalue weighted by molar-refractivity contribution is 0.207. The quantitative estimate of drug-likeness (QED) is 0.765. The van der Waals surface area contributed by atoms with Crippen LogP contribution in [0.1, 0.15) is 25.7 Å². The molecule has 4 rings (SSSR count). The van der Waals surface area contributed by atoms with Crippen molar-refractivity contribution in [1.29, 1.82) is 0 Å². The number of benzene rings is 1. The van der Waals surface area contributed by atoms with Gasteiger partial charge in [-0.15, -0.1) is 0 Å². The molecular weight excluding hydrogens is 407 g/mol. The molecule has 2 aliphatic carbocycles. The van der Waals surface area contributed by atoms with Crippen LogP contribution in [0.5, 0.6) is 0 Å². The summed E-state index contributed by atoms with van der Waals surface area (Å²) in [6.07, 6.45) is 4.95. The molecule has 5 nitrogen and oxygen atoms in total. The van der Waals surface area contributed by atoms with Crippen molar-refractivity contribution in [2.45, 2.75) is 31.7 Å².